The van der Waals surface area contributed by atoms with Crippen LogP contribution in [0.15, 0.2) is 30.3 Å². The number of piperidine rings is 1. The minimum atomic E-state index is -0.982. The van der Waals surface area contributed by atoms with E-state index in [1.807, 2.05) is 13.0 Å². The highest BCUT2D eigenvalue weighted by atomic mass is 35.5. The lowest BCUT2D eigenvalue weighted by molar-refractivity contribution is -0.144. The maximum absolute atomic E-state index is 13.0. The van der Waals surface area contributed by atoms with Crippen LogP contribution >= 0.6 is 11.6 Å². The average molecular weight is 434 g/mol. The van der Waals surface area contributed by atoms with Gasteiger partial charge in [0.2, 0.25) is 11.7 Å². The molecule has 1 amide bonds. The molecule has 2 atom stereocenters. The van der Waals surface area contributed by atoms with Gasteiger partial charge in [-0.15, -0.1) is 0 Å². The zero-order chi connectivity index (χ0) is 22.0. The van der Waals surface area contributed by atoms with Crippen LogP contribution in [0, 0.1) is 12.8 Å². The quantitative estimate of drug-likeness (QED) is 0.733. The molecule has 0 aliphatic carbocycles. The summed E-state index contributed by atoms with van der Waals surface area (Å²) in [6.45, 7) is 1.86. The number of hydrogen-bond donors (Lipinski definition) is 1. The van der Waals surface area contributed by atoms with E-state index in [0.29, 0.717) is 33.5 Å². The van der Waals surface area contributed by atoms with Crippen molar-refractivity contribution in [1.29, 1.82) is 0 Å². The molecule has 0 bridgehead atoms. The lowest BCUT2D eigenvalue weighted by atomic mass is 9.83. The molecule has 160 valence electrons. The van der Waals surface area contributed by atoms with Crippen molar-refractivity contribution in [2.45, 2.75) is 25.8 Å². The van der Waals surface area contributed by atoms with E-state index in [1.165, 1.54) is 26.2 Å². The van der Waals surface area contributed by atoms with Gasteiger partial charge in [-0.05, 0) is 48.7 Å². The van der Waals surface area contributed by atoms with Crippen molar-refractivity contribution < 1.29 is 28.9 Å². The third-order valence-corrected chi connectivity index (χ3v) is 5.78. The molecule has 8 heteroatoms. The summed E-state index contributed by atoms with van der Waals surface area (Å²) in [6.07, 6.45) is 0.356. The second-order valence-corrected chi connectivity index (χ2v) is 7.49. The molecule has 2 aromatic rings. The van der Waals surface area contributed by atoms with Crippen LogP contribution in [0.5, 0.6) is 17.2 Å². The van der Waals surface area contributed by atoms with Crippen LogP contribution in [-0.2, 0) is 9.59 Å². The summed E-state index contributed by atoms with van der Waals surface area (Å²) in [7, 11) is 4.46. The monoisotopic (exact) mass is 433 g/mol. The standard InChI is InChI=1S/C22H24ClNO6/c1-12-5-6-14(11-16(12)23)24-19(25)8-7-15(22(26)27)20(24)13-9-17(28-2)21(30-4)18(10-13)29-3/h5-6,9-11,15,20H,7-8H2,1-4H3,(H,26,27). The van der Waals surface area contributed by atoms with Crippen LogP contribution in [0.4, 0.5) is 5.69 Å². The number of benzene rings is 2. The molecule has 1 aliphatic rings. The second-order valence-electron chi connectivity index (χ2n) is 7.08. The van der Waals surface area contributed by atoms with E-state index in [0.717, 1.165) is 5.56 Å². The smallest absolute Gasteiger partial charge is 0.308 e. The van der Waals surface area contributed by atoms with Gasteiger partial charge in [-0.25, -0.2) is 0 Å². The van der Waals surface area contributed by atoms with Gasteiger partial charge in [0.25, 0.3) is 0 Å². The minimum Gasteiger partial charge on any atom is -0.493 e. The molecule has 2 unspecified atom stereocenters. The van der Waals surface area contributed by atoms with Gasteiger partial charge in [-0.2, -0.15) is 0 Å². The van der Waals surface area contributed by atoms with E-state index in [9.17, 15) is 14.7 Å². The number of rotatable bonds is 6. The van der Waals surface area contributed by atoms with Crippen LogP contribution in [0.25, 0.3) is 0 Å². The molecule has 2 aromatic carbocycles. The zero-order valence-corrected chi connectivity index (χ0v) is 18.0. The molecule has 1 fully saturated rings. The molecule has 1 N–H and O–H groups in total. The first kappa shape index (κ1) is 21.8. The number of aryl methyl sites for hydroxylation is 1. The summed E-state index contributed by atoms with van der Waals surface area (Å²) in [4.78, 5) is 26.6. The van der Waals surface area contributed by atoms with E-state index in [-0.39, 0.29) is 18.7 Å². The van der Waals surface area contributed by atoms with Crippen molar-refractivity contribution in [1.82, 2.24) is 0 Å². The molecular formula is C22H24ClNO6. The summed E-state index contributed by atoms with van der Waals surface area (Å²) in [5, 5.41) is 10.4. The number of carbonyl (C=O) groups is 2. The van der Waals surface area contributed by atoms with E-state index >= 15 is 0 Å². The number of methoxy groups -OCH3 is 3. The number of ether oxygens (including phenoxy) is 3. The highest BCUT2D eigenvalue weighted by Crippen LogP contribution is 2.46. The molecule has 0 aromatic heterocycles. The molecule has 1 saturated heterocycles. The maximum atomic E-state index is 13.0. The number of amides is 1. The first-order valence-corrected chi connectivity index (χ1v) is 9.81. The third-order valence-electron chi connectivity index (χ3n) is 5.38. The van der Waals surface area contributed by atoms with Gasteiger partial charge in [0.05, 0.1) is 33.3 Å². The number of hydrogen-bond acceptors (Lipinski definition) is 5. The fraction of sp³-hybridized carbons (Fsp3) is 0.364. The number of halogens is 1. The van der Waals surface area contributed by atoms with Gasteiger partial charge in [-0.3, -0.25) is 9.59 Å². The molecule has 7 nitrogen and oxygen atoms in total. The lowest BCUT2D eigenvalue weighted by Crippen LogP contribution is -2.45. The topological polar surface area (TPSA) is 85.3 Å². The first-order chi connectivity index (χ1) is 14.3. The number of anilines is 1. The van der Waals surface area contributed by atoms with Gasteiger partial charge in [0.15, 0.2) is 11.5 Å². The predicted molar refractivity (Wildman–Crippen MR) is 113 cm³/mol. The molecule has 1 aliphatic heterocycles. The largest absolute Gasteiger partial charge is 0.493 e. The Hall–Kier alpha value is -2.93. The van der Waals surface area contributed by atoms with Crippen molar-refractivity contribution in [2.24, 2.45) is 5.92 Å². The molecule has 30 heavy (non-hydrogen) atoms. The van der Waals surface area contributed by atoms with Crippen molar-refractivity contribution in [3.05, 3.63) is 46.5 Å². The molecule has 1 heterocycles. The van der Waals surface area contributed by atoms with Crippen molar-refractivity contribution >= 4 is 29.2 Å². The first-order valence-electron chi connectivity index (χ1n) is 9.43. The van der Waals surface area contributed by atoms with Gasteiger partial charge in [0, 0.05) is 17.1 Å². The Balaban J connectivity index is 2.22. The van der Waals surface area contributed by atoms with E-state index in [1.54, 1.807) is 24.3 Å². The van der Waals surface area contributed by atoms with Gasteiger partial charge < -0.3 is 24.2 Å². The summed E-state index contributed by atoms with van der Waals surface area (Å²) >= 11 is 6.30. The Morgan fingerprint density at radius 3 is 2.23 bits per heavy atom. The normalized spacial score (nSPS) is 18.8. The third kappa shape index (κ3) is 3.89. The molecular weight excluding hydrogens is 410 g/mol. The van der Waals surface area contributed by atoms with Crippen molar-refractivity contribution in [2.75, 3.05) is 26.2 Å². The second kappa shape index (κ2) is 8.83. The Labute approximate surface area is 180 Å². The number of carboxylic acid groups (broad SMARTS) is 1. The minimum absolute atomic E-state index is 0.128. The average Bonchev–Trinajstić information content (AvgIpc) is 2.74. The Kier molecular flexibility index (Phi) is 6.41. The van der Waals surface area contributed by atoms with E-state index in [4.69, 9.17) is 25.8 Å². The molecule has 0 radical (unpaired) electrons. The molecule has 0 saturated carbocycles. The highest BCUT2D eigenvalue weighted by Gasteiger charge is 2.42. The lowest BCUT2D eigenvalue weighted by Gasteiger charge is -2.40. The summed E-state index contributed by atoms with van der Waals surface area (Å²) in [5.74, 6) is -0.810. The Morgan fingerprint density at radius 2 is 1.73 bits per heavy atom. The van der Waals surface area contributed by atoms with E-state index in [2.05, 4.69) is 0 Å². The summed E-state index contributed by atoms with van der Waals surface area (Å²) in [6, 6.07) is 7.86. The number of carbonyl (C=O) groups excluding carboxylic acids is 1. The number of nitrogens with zero attached hydrogens (tertiary/aromatic N) is 1. The van der Waals surface area contributed by atoms with Gasteiger partial charge in [-0.1, -0.05) is 17.7 Å². The number of aliphatic carboxylic acids is 1. The van der Waals surface area contributed by atoms with Crippen LogP contribution < -0.4 is 19.1 Å². The van der Waals surface area contributed by atoms with Crippen molar-refractivity contribution in [3.8, 4) is 17.2 Å². The predicted octanol–water partition coefficient (Wildman–Crippen LogP) is 4.24. The van der Waals surface area contributed by atoms with Gasteiger partial charge >= 0.3 is 5.97 Å². The van der Waals surface area contributed by atoms with Crippen LogP contribution in [-0.4, -0.2) is 38.3 Å². The van der Waals surface area contributed by atoms with Crippen molar-refractivity contribution in [3.63, 3.8) is 0 Å². The molecule has 3 rings (SSSR count). The van der Waals surface area contributed by atoms with Crippen LogP contribution in [0.2, 0.25) is 5.02 Å². The van der Waals surface area contributed by atoms with E-state index < -0.39 is 17.9 Å². The highest BCUT2D eigenvalue weighted by molar-refractivity contribution is 6.31. The fourth-order valence-electron chi connectivity index (χ4n) is 3.84. The van der Waals surface area contributed by atoms with Crippen LogP contribution in [0.1, 0.15) is 30.0 Å². The molecule has 0 spiro atoms. The fourth-order valence-corrected chi connectivity index (χ4v) is 4.02. The summed E-state index contributed by atoms with van der Waals surface area (Å²) in [5.41, 5.74) is 1.98. The van der Waals surface area contributed by atoms with Crippen LogP contribution in [0.3, 0.4) is 0 Å². The SMILES string of the molecule is COc1cc(C2C(C(=O)O)CCC(=O)N2c2ccc(C)c(Cl)c2)cc(OC)c1OC. The Bertz CT molecular complexity index is 951. The maximum Gasteiger partial charge on any atom is 0.308 e. The number of carboxylic acids is 1. The Morgan fingerprint density at radius 1 is 1.10 bits per heavy atom. The van der Waals surface area contributed by atoms with Gasteiger partial charge in [0.1, 0.15) is 0 Å². The zero-order valence-electron chi connectivity index (χ0n) is 17.3. The summed E-state index contributed by atoms with van der Waals surface area (Å²) < 4.78 is 16.2.